The molecule has 0 fully saturated rings. The Bertz CT molecular complexity index is 498. The monoisotopic (exact) mass is 218 g/mol. The largest absolute Gasteiger partial charge is 0.394 e. The quantitative estimate of drug-likeness (QED) is 0.810. The van der Waals surface area contributed by atoms with Crippen molar-refractivity contribution in [3.8, 4) is 0 Å². The number of anilines is 1. The summed E-state index contributed by atoms with van der Waals surface area (Å²) in [6.45, 7) is 3.83. The van der Waals surface area contributed by atoms with E-state index in [9.17, 15) is 0 Å². The summed E-state index contributed by atoms with van der Waals surface area (Å²) in [5.74, 6) is 0.687. The maximum absolute atomic E-state index is 9.15. The number of nitrogens with one attached hydrogen (secondary N) is 1. The molecule has 0 amide bonds. The SMILES string of the molecule is CC(C)(CO)Nc1ccc2nccnc2n1. The molecular weight excluding hydrogens is 204 g/mol. The molecule has 2 heterocycles. The Morgan fingerprint density at radius 3 is 2.75 bits per heavy atom. The van der Waals surface area contributed by atoms with Gasteiger partial charge in [0.2, 0.25) is 0 Å². The number of aromatic nitrogens is 3. The van der Waals surface area contributed by atoms with Gasteiger partial charge in [-0.05, 0) is 26.0 Å². The zero-order chi connectivity index (χ0) is 11.6. The van der Waals surface area contributed by atoms with Gasteiger partial charge in [-0.2, -0.15) is 0 Å². The van der Waals surface area contributed by atoms with Gasteiger partial charge in [-0.1, -0.05) is 0 Å². The first-order chi connectivity index (χ1) is 7.61. The van der Waals surface area contributed by atoms with Crippen LogP contribution in [0.4, 0.5) is 5.82 Å². The summed E-state index contributed by atoms with van der Waals surface area (Å²) in [6, 6.07) is 3.68. The van der Waals surface area contributed by atoms with E-state index in [4.69, 9.17) is 5.11 Å². The summed E-state index contributed by atoms with van der Waals surface area (Å²) in [4.78, 5) is 12.6. The Balaban J connectivity index is 2.33. The molecule has 0 aliphatic carbocycles. The van der Waals surface area contributed by atoms with Crippen molar-refractivity contribution < 1.29 is 5.11 Å². The predicted molar refractivity (Wildman–Crippen MR) is 62.1 cm³/mol. The molecule has 0 spiro atoms. The van der Waals surface area contributed by atoms with E-state index in [1.807, 2.05) is 26.0 Å². The zero-order valence-electron chi connectivity index (χ0n) is 9.31. The lowest BCUT2D eigenvalue weighted by Gasteiger charge is -2.24. The lowest BCUT2D eigenvalue weighted by Crippen LogP contribution is -2.35. The van der Waals surface area contributed by atoms with E-state index in [0.29, 0.717) is 11.5 Å². The third-order valence-corrected chi connectivity index (χ3v) is 2.19. The highest BCUT2D eigenvalue weighted by Gasteiger charge is 2.16. The average molecular weight is 218 g/mol. The molecular formula is C11H14N4O. The van der Waals surface area contributed by atoms with Gasteiger partial charge in [-0.3, -0.25) is 4.98 Å². The molecule has 0 saturated carbocycles. The molecule has 2 N–H and O–H groups in total. The van der Waals surface area contributed by atoms with Crippen molar-refractivity contribution in [2.75, 3.05) is 11.9 Å². The maximum atomic E-state index is 9.15. The van der Waals surface area contributed by atoms with Gasteiger partial charge in [0.25, 0.3) is 0 Å². The molecule has 2 aromatic rings. The van der Waals surface area contributed by atoms with E-state index >= 15 is 0 Å². The second-order valence-electron chi connectivity index (χ2n) is 4.26. The molecule has 0 bridgehead atoms. The summed E-state index contributed by atoms with van der Waals surface area (Å²) in [7, 11) is 0. The average Bonchev–Trinajstić information content (AvgIpc) is 2.28. The van der Waals surface area contributed by atoms with E-state index in [1.165, 1.54) is 0 Å². The van der Waals surface area contributed by atoms with Gasteiger partial charge in [0.1, 0.15) is 11.3 Å². The molecule has 5 heteroatoms. The van der Waals surface area contributed by atoms with Gasteiger partial charge in [-0.25, -0.2) is 9.97 Å². The van der Waals surface area contributed by atoms with Crippen LogP contribution in [-0.4, -0.2) is 32.2 Å². The van der Waals surface area contributed by atoms with Crippen LogP contribution in [0.15, 0.2) is 24.5 Å². The van der Waals surface area contributed by atoms with Crippen molar-refractivity contribution >= 4 is 17.0 Å². The van der Waals surface area contributed by atoms with Crippen molar-refractivity contribution in [2.24, 2.45) is 0 Å². The zero-order valence-corrected chi connectivity index (χ0v) is 9.31. The number of nitrogens with zero attached hydrogens (tertiary/aromatic N) is 3. The van der Waals surface area contributed by atoms with Crippen LogP contribution >= 0.6 is 0 Å². The fourth-order valence-corrected chi connectivity index (χ4v) is 1.31. The molecule has 0 aromatic carbocycles. The van der Waals surface area contributed by atoms with Crippen LogP contribution in [-0.2, 0) is 0 Å². The van der Waals surface area contributed by atoms with Gasteiger partial charge >= 0.3 is 0 Å². The molecule has 2 aromatic heterocycles. The normalized spacial score (nSPS) is 11.7. The summed E-state index contributed by atoms with van der Waals surface area (Å²) in [5.41, 5.74) is 0.958. The number of hydrogen-bond acceptors (Lipinski definition) is 5. The highest BCUT2D eigenvalue weighted by molar-refractivity contribution is 5.71. The first-order valence-electron chi connectivity index (χ1n) is 5.07. The Kier molecular flexibility index (Phi) is 2.70. The molecule has 0 unspecified atom stereocenters. The molecule has 2 rings (SSSR count). The Hall–Kier alpha value is -1.75. The molecule has 84 valence electrons. The molecule has 5 nitrogen and oxygen atoms in total. The van der Waals surface area contributed by atoms with Gasteiger partial charge in [0.05, 0.1) is 12.1 Å². The smallest absolute Gasteiger partial charge is 0.180 e. The topological polar surface area (TPSA) is 70.9 Å². The second-order valence-corrected chi connectivity index (χ2v) is 4.26. The van der Waals surface area contributed by atoms with Crippen molar-refractivity contribution in [1.29, 1.82) is 0 Å². The second kappa shape index (κ2) is 4.02. The Morgan fingerprint density at radius 1 is 1.25 bits per heavy atom. The minimum Gasteiger partial charge on any atom is -0.394 e. The van der Waals surface area contributed by atoms with Crippen LogP contribution in [0, 0.1) is 0 Å². The first-order valence-corrected chi connectivity index (χ1v) is 5.07. The van der Waals surface area contributed by atoms with Crippen molar-refractivity contribution in [3.63, 3.8) is 0 Å². The minimum atomic E-state index is -0.400. The maximum Gasteiger partial charge on any atom is 0.180 e. The summed E-state index contributed by atoms with van der Waals surface area (Å²) in [5, 5.41) is 12.3. The molecule has 0 aliphatic rings. The predicted octanol–water partition coefficient (Wildman–Crippen LogP) is 1.21. The third kappa shape index (κ3) is 2.25. The van der Waals surface area contributed by atoms with E-state index in [2.05, 4.69) is 20.3 Å². The minimum absolute atomic E-state index is 0.0349. The van der Waals surface area contributed by atoms with E-state index < -0.39 is 5.54 Å². The summed E-state index contributed by atoms with van der Waals surface area (Å²) >= 11 is 0. The van der Waals surface area contributed by atoms with Crippen LogP contribution in [0.5, 0.6) is 0 Å². The fraction of sp³-hybridized carbons (Fsp3) is 0.364. The van der Waals surface area contributed by atoms with Crippen LogP contribution in [0.25, 0.3) is 11.2 Å². The van der Waals surface area contributed by atoms with E-state index in [0.717, 1.165) is 5.52 Å². The third-order valence-electron chi connectivity index (χ3n) is 2.19. The fourth-order valence-electron chi connectivity index (χ4n) is 1.31. The number of fused-ring (bicyclic) bond motifs is 1. The Labute approximate surface area is 93.6 Å². The van der Waals surface area contributed by atoms with E-state index in [-0.39, 0.29) is 6.61 Å². The number of aliphatic hydroxyl groups excluding tert-OH is 1. The molecule has 16 heavy (non-hydrogen) atoms. The molecule has 0 atom stereocenters. The molecule has 0 radical (unpaired) electrons. The number of hydrogen-bond donors (Lipinski definition) is 2. The standard InChI is InChI=1S/C11H14N4O/c1-11(2,7-16)15-9-4-3-8-10(14-9)13-6-5-12-8/h3-6,16H,7H2,1-2H3,(H,13,14,15). The van der Waals surface area contributed by atoms with Crippen molar-refractivity contribution in [2.45, 2.75) is 19.4 Å². The van der Waals surface area contributed by atoms with Gasteiger partial charge < -0.3 is 10.4 Å². The van der Waals surface area contributed by atoms with Crippen LogP contribution in [0.2, 0.25) is 0 Å². The van der Waals surface area contributed by atoms with Gasteiger partial charge in [0, 0.05) is 12.4 Å². The Morgan fingerprint density at radius 2 is 2.00 bits per heavy atom. The summed E-state index contributed by atoms with van der Waals surface area (Å²) in [6.07, 6.45) is 3.24. The van der Waals surface area contributed by atoms with Crippen LogP contribution in [0.3, 0.4) is 0 Å². The number of aliphatic hydroxyl groups is 1. The number of rotatable bonds is 3. The summed E-state index contributed by atoms with van der Waals surface area (Å²) < 4.78 is 0. The van der Waals surface area contributed by atoms with Crippen LogP contribution < -0.4 is 5.32 Å². The van der Waals surface area contributed by atoms with Crippen LogP contribution in [0.1, 0.15) is 13.8 Å². The number of pyridine rings is 1. The van der Waals surface area contributed by atoms with Gasteiger partial charge in [0.15, 0.2) is 5.65 Å². The molecule has 0 saturated heterocycles. The van der Waals surface area contributed by atoms with Crippen molar-refractivity contribution in [3.05, 3.63) is 24.5 Å². The van der Waals surface area contributed by atoms with E-state index in [1.54, 1.807) is 12.4 Å². The molecule has 0 aliphatic heterocycles. The highest BCUT2D eigenvalue weighted by Crippen LogP contribution is 2.14. The first kappa shape index (κ1) is 10.8. The lowest BCUT2D eigenvalue weighted by atomic mass is 10.1. The highest BCUT2D eigenvalue weighted by atomic mass is 16.3. The van der Waals surface area contributed by atoms with Gasteiger partial charge in [-0.15, -0.1) is 0 Å². The van der Waals surface area contributed by atoms with Crippen molar-refractivity contribution in [1.82, 2.24) is 15.0 Å². The lowest BCUT2D eigenvalue weighted by molar-refractivity contribution is 0.234.